The van der Waals surface area contributed by atoms with Crippen molar-refractivity contribution in [3.63, 3.8) is 0 Å². The third-order valence-corrected chi connectivity index (χ3v) is 2.70. The molecule has 2 aromatic rings. The molecule has 0 aliphatic carbocycles. The Labute approximate surface area is 104 Å². The molecule has 0 atom stereocenters. The molecule has 1 aromatic heterocycles. The summed E-state index contributed by atoms with van der Waals surface area (Å²) in [7, 11) is 0. The van der Waals surface area contributed by atoms with Gasteiger partial charge in [0.1, 0.15) is 5.82 Å². The molecule has 0 fully saturated rings. The molecule has 0 amide bonds. The summed E-state index contributed by atoms with van der Waals surface area (Å²) in [6.45, 7) is 3.63. The van der Waals surface area contributed by atoms with Crippen LogP contribution in [0.2, 0.25) is 5.02 Å². The maximum Gasteiger partial charge on any atom is 0.143 e. The lowest BCUT2D eigenvalue weighted by Crippen LogP contribution is -2.11. The number of rotatable bonds is 4. The largest absolute Gasteiger partial charge is 0.311 e. The summed E-state index contributed by atoms with van der Waals surface area (Å²) in [4.78, 5) is 4.23. The number of benzene rings is 1. The van der Waals surface area contributed by atoms with Gasteiger partial charge in [0.25, 0.3) is 0 Å². The normalized spacial score (nSPS) is 10.8. The van der Waals surface area contributed by atoms with Gasteiger partial charge in [-0.05, 0) is 24.7 Å². The summed E-state index contributed by atoms with van der Waals surface area (Å²) in [5, 5.41) is 3.31. The van der Waals surface area contributed by atoms with Crippen LogP contribution >= 0.6 is 11.6 Å². The molecule has 1 N–H and O–H groups in total. The Balaban J connectivity index is 2.21. The van der Waals surface area contributed by atoms with Crippen LogP contribution < -0.4 is 5.32 Å². The van der Waals surface area contributed by atoms with Crippen molar-refractivity contribution in [3.8, 4) is 5.69 Å². The second kappa shape index (κ2) is 5.29. The van der Waals surface area contributed by atoms with Crippen molar-refractivity contribution in [1.82, 2.24) is 14.9 Å². The van der Waals surface area contributed by atoms with Gasteiger partial charge >= 0.3 is 0 Å². The molecule has 0 unspecified atom stereocenters. The van der Waals surface area contributed by atoms with Gasteiger partial charge in [0.15, 0.2) is 0 Å². The minimum Gasteiger partial charge on any atom is -0.311 e. The Kier molecular flexibility index (Phi) is 3.76. The summed E-state index contributed by atoms with van der Waals surface area (Å²) < 4.78 is 15.1. The Morgan fingerprint density at radius 3 is 3.00 bits per heavy atom. The lowest BCUT2D eigenvalue weighted by atomic mass is 10.3. The molecule has 2 rings (SSSR count). The third kappa shape index (κ3) is 2.84. The third-order valence-electron chi connectivity index (χ3n) is 2.39. The topological polar surface area (TPSA) is 29.9 Å². The molecule has 0 radical (unpaired) electrons. The summed E-state index contributed by atoms with van der Waals surface area (Å²) in [6, 6.07) is 4.68. The van der Waals surface area contributed by atoms with Crippen molar-refractivity contribution >= 4 is 11.6 Å². The van der Waals surface area contributed by atoms with Gasteiger partial charge in [0.2, 0.25) is 0 Å². The van der Waals surface area contributed by atoms with Crippen LogP contribution in [0.5, 0.6) is 0 Å². The van der Waals surface area contributed by atoms with Crippen molar-refractivity contribution in [2.24, 2.45) is 0 Å². The zero-order valence-electron chi connectivity index (χ0n) is 9.45. The van der Waals surface area contributed by atoms with Gasteiger partial charge in [-0.3, -0.25) is 0 Å². The molecule has 17 heavy (non-hydrogen) atoms. The van der Waals surface area contributed by atoms with Gasteiger partial charge in [-0.2, -0.15) is 0 Å². The van der Waals surface area contributed by atoms with E-state index in [0.29, 0.717) is 12.2 Å². The highest BCUT2D eigenvalue weighted by molar-refractivity contribution is 6.30. The van der Waals surface area contributed by atoms with Crippen LogP contribution in [0.25, 0.3) is 5.69 Å². The molecule has 90 valence electrons. The molecular formula is C12H13ClFN3. The predicted octanol–water partition coefficient (Wildman–Crippen LogP) is 2.77. The smallest absolute Gasteiger partial charge is 0.143 e. The predicted molar refractivity (Wildman–Crippen MR) is 65.9 cm³/mol. The lowest BCUT2D eigenvalue weighted by molar-refractivity contribution is 0.627. The molecule has 5 heteroatoms. The van der Waals surface area contributed by atoms with Crippen LogP contribution in [0.4, 0.5) is 4.39 Å². The standard InChI is InChI=1S/C12H13ClFN3/c1-2-15-6-9-7-17(8-16-9)10-3-4-11(13)12(14)5-10/h3-5,7-8,15H,2,6H2,1H3. The number of hydrogen-bond acceptors (Lipinski definition) is 2. The quantitative estimate of drug-likeness (QED) is 0.908. The van der Waals surface area contributed by atoms with Crippen molar-refractivity contribution in [3.05, 3.63) is 47.3 Å². The molecule has 1 heterocycles. The van der Waals surface area contributed by atoms with E-state index < -0.39 is 5.82 Å². The van der Waals surface area contributed by atoms with Crippen molar-refractivity contribution in [2.75, 3.05) is 6.54 Å². The van der Waals surface area contributed by atoms with Crippen LogP contribution in [0.1, 0.15) is 12.6 Å². The molecule has 0 aliphatic rings. The maximum absolute atomic E-state index is 13.3. The number of aromatic nitrogens is 2. The molecule has 0 saturated heterocycles. The highest BCUT2D eigenvalue weighted by Gasteiger charge is 2.04. The molecule has 3 nitrogen and oxygen atoms in total. The van der Waals surface area contributed by atoms with E-state index in [-0.39, 0.29) is 5.02 Å². The number of hydrogen-bond donors (Lipinski definition) is 1. The first-order valence-corrected chi connectivity index (χ1v) is 5.77. The lowest BCUT2D eigenvalue weighted by Gasteiger charge is -2.02. The van der Waals surface area contributed by atoms with E-state index in [4.69, 9.17) is 11.6 Å². The first-order valence-electron chi connectivity index (χ1n) is 5.39. The summed E-state index contributed by atoms with van der Waals surface area (Å²) in [5.74, 6) is -0.425. The van der Waals surface area contributed by atoms with Crippen LogP contribution in [-0.4, -0.2) is 16.1 Å². The van der Waals surface area contributed by atoms with E-state index in [1.54, 1.807) is 17.0 Å². The van der Waals surface area contributed by atoms with Gasteiger partial charge in [-0.15, -0.1) is 0 Å². The maximum atomic E-state index is 13.3. The second-order valence-electron chi connectivity index (χ2n) is 3.65. The molecule has 0 bridgehead atoms. The summed E-state index contributed by atoms with van der Waals surface area (Å²) >= 11 is 5.63. The first kappa shape index (κ1) is 12.1. The highest BCUT2D eigenvalue weighted by atomic mass is 35.5. The summed E-state index contributed by atoms with van der Waals surface area (Å²) in [5.41, 5.74) is 1.63. The molecule has 0 aliphatic heterocycles. The number of halogens is 2. The van der Waals surface area contributed by atoms with Gasteiger partial charge in [-0.25, -0.2) is 9.37 Å². The monoisotopic (exact) mass is 253 g/mol. The average Bonchev–Trinajstić information content (AvgIpc) is 2.79. The van der Waals surface area contributed by atoms with Crippen LogP contribution in [0.15, 0.2) is 30.7 Å². The van der Waals surface area contributed by atoms with E-state index in [0.717, 1.165) is 12.2 Å². The van der Waals surface area contributed by atoms with E-state index in [2.05, 4.69) is 10.3 Å². The number of nitrogens with zero attached hydrogens (tertiary/aromatic N) is 2. The van der Waals surface area contributed by atoms with Crippen LogP contribution in [-0.2, 0) is 6.54 Å². The molecule has 0 spiro atoms. The highest BCUT2D eigenvalue weighted by Crippen LogP contribution is 2.18. The van der Waals surface area contributed by atoms with Crippen molar-refractivity contribution in [1.29, 1.82) is 0 Å². The average molecular weight is 254 g/mol. The van der Waals surface area contributed by atoms with Crippen molar-refractivity contribution < 1.29 is 4.39 Å². The van der Waals surface area contributed by atoms with Gasteiger partial charge in [0, 0.05) is 18.4 Å². The fourth-order valence-corrected chi connectivity index (χ4v) is 1.61. The zero-order chi connectivity index (χ0) is 12.3. The number of imidazole rings is 1. The minimum atomic E-state index is -0.425. The fraction of sp³-hybridized carbons (Fsp3) is 0.250. The Morgan fingerprint density at radius 2 is 2.29 bits per heavy atom. The van der Waals surface area contributed by atoms with E-state index in [1.165, 1.54) is 12.1 Å². The number of nitrogens with one attached hydrogen (secondary N) is 1. The molecule has 1 aromatic carbocycles. The van der Waals surface area contributed by atoms with Gasteiger partial charge < -0.3 is 9.88 Å². The Morgan fingerprint density at radius 1 is 1.47 bits per heavy atom. The molecular weight excluding hydrogens is 241 g/mol. The van der Waals surface area contributed by atoms with Crippen LogP contribution in [0, 0.1) is 5.82 Å². The van der Waals surface area contributed by atoms with E-state index >= 15 is 0 Å². The SMILES string of the molecule is CCNCc1cn(-c2ccc(Cl)c(F)c2)cn1. The van der Waals surface area contributed by atoms with E-state index in [1.807, 2.05) is 13.1 Å². The summed E-state index contributed by atoms with van der Waals surface area (Å²) in [6.07, 6.45) is 3.53. The Bertz CT molecular complexity index is 510. The minimum absolute atomic E-state index is 0.127. The fourth-order valence-electron chi connectivity index (χ4n) is 1.49. The second-order valence-corrected chi connectivity index (χ2v) is 4.06. The zero-order valence-corrected chi connectivity index (χ0v) is 10.2. The first-order chi connectivity index (χ1) is 8.20. The molecule has 0 saturated carbocycles. The van der Waals surface area contributed by atoms with Crippen LogP contribution in [0.3, 0.4) is 0 Å². The van der Waals surface area contributed by atoms with Gasteiger partial charge in [0.05, 0.1) is 17.0 Å². The van der Waals surface area contributed by atoms with E-state index in [9.17, 15) is 4.39 Å². The Hall–Kier alpha value is -1.39. The van der Waals surface area contributed by atoms with Crippen molar-refractivity contribution in [2.45, 2.75) is 13.5 Å². The van der Waals surface area contributed by atoms with Gasteiger partial charge in [-0.1, -0.05) is 18.5 Å².